The Bertz CT molecular complexity index is 937. The summed E-state index contributed by atoms with van der Waals surface area (Å²) in [6, 6.07) is 9.92. The van der Waals surface area contributed by atoms with Crippen LogP contribution in [0.3, 0.4) is 0 Å². The minimum absolute atomic E-state index is 0.0272. The van der Waals surface area contributed by atoms with E-state index in [0.29, 0.717) is 13.1 Å². The average Bonchev–Trinajstić information content (AvgIpc) is 2.89. The summed E-state index contributed by atoms with van der Waals surface area (Å²) < 4.78 is 1.79. The van der Waals surface area contributed by atoms with Gasteiger partial charge in [-0.15, -0.1) is 11.8 Å². The topological polar surface area (TPSA) is 63.1 Å². The molecule has 7 heteroatoms. The van der Waals surface area contributed by atoms with Crippen LogP contribution in [0.5, 0.6) is 0 Å². The summed E-state index contributed by atoms with van der Waals surface area (Å²) in [5.41, 5.74) is 3.76. The number of thioether (sulfide) groups is 1. The van der Waals surface area contributed by atoms with Crippen LogP contribution in [-0.2, 0) is 18.4 Å². The van der Waals surface area contributed by atoms with Gasteiger partial charge in [0.2, 0.25) is 5.91 Å². The fraction of sp³-hybridized carbons (Fsp3) is 0.316. The molecule has 3 rings (SSSR count). The molecule has 2 heterocycles. The summed E-state index contributed by atoms with van der Waals surface area (Å²) in [5.74, 6) is -0.0272. The Labute approximate surface area is 157 Å². The van der Waals surface area contributed by atoms with Gasteiger partial charge in [0.15, 0.2) is 5.65 Å². The average molecular weight is 369 g/mol. The summed E-state index contributed by atoms with van der Waals surface area (Å²) in [7, 11) is 3.82. The fourth-order valence-electron chi connectivity index (χ4n) is 2.99. The van der Waals surface area contributed by atoms with Gasteiger partial charge in [0, 0.05) is 30.1 Å². The number of anilines is 1. The highest BCUT2D eigenvalue weighted by Crippen LogP contribution is 2.24. The number of aromatic nitrogens is 3. The largest absolute Gasteiger partial charge is 0.324 e. The molecule has 2 aromatic heterocycles. The zero-order chi connectivity index (χ0) is 18.7. The standard InChI is InChI=1S/C19H23N5OS/c1-13-15-9-14(10-20-19(15)24(3)22-13)11-23(2)12-18(25)21-16-7-5-6-8-17(16)26-4/h5-10H,11-12H2,1-4H3,(H,21,25). The van der Waals surface area contributed by atoms with Crippen molar-refractivity contribution in [1.29, 1.82) is 0 Å². The molecule has 1 N–H and O–H groups in total. The third-order valence-electron chi connectivity index (χ3n) is 4.17. The Morgan fingerprint density at radius 3 is 2.88 bits per heavy atom. The molecule has 0 saturated heterocycles. The van der Waals surface area contributed by atoms with Crippen molar-refractivity contribution in [2.75, 3.05) is 25.2 Å². The van der Waals surface area contributed by atoms with E-state index in [-0.39, 0.29) is 5.91 Å². The Kier molecular flexibility index (Phi) is 5.58. The van der Waals surface area contributed by atoms with Gasteiger partial charge in [-0.05, 0) is 44.0 Å². The number of carbonyl (C=O) groups is 1. The number of aryl methyl sites for hydroxylation is 2. The van der Waals surface area contributed by atoms with Crippen molar-refractivity contribution in [2.45, 2.75) is 18.4 Å². The van der Waals surface area contributed by atoms with E-state index in [1.165, 1.54) is 0 Å². The molecule has 0 unspecified atom stereocenters. The summed E-state index contributed by atoms with van der Waals surface area (Å²) >= 11 is 1.62. The molecule has 0 aliphatic heterocycles. The number of pyridine rings is 1. The minimum atomic E-state index is -0.0272. The molecule has 0 spiro atoms. The first-order chi connectivity index (χ1) is 12.5. The van der Waals surface area contributed by atoms with E-state index in [0.717, 1.165) is 32.9 Å². The molecule has 0 radical (unpaired) electrons. The van der Waals surface area contributed by atoms with E-state index < -0.39 is 0 Å². The SMILES string of the molecule is CSc1ccccc1NC(=O)CN(C)Cc1cnc2c(c1)c(C)nn2C. The smallest absolute Gasteiger partial charge is 0.238 e. The van der Waals surface area contributed by atoms with E-state index in [4.69, 9.17) is 0 Å². The van der Waals surface area contributed by atoms with E-state index in [1.807, 2.05) is 62.6 Å². The number of carbonyl (C=O) groups excluding carboxylic acids is 1. The monoisotopic (exact) mass is 369 g/mol. The van der Waals surface area contributed by atoms with E-state index in [1.54, 1.807) is 16.4 Å². The van der Waals surface area contributed by atoms with Gasteiger partial charge in [-0.1, -0.05) is 12.1 Å². The van der Waals surface area contributed by atoms with Crippen LogP contribution < -0.4 is 5.32 Å². The maximum Gasteiger partial charge on any atom is 0.238 e. The zero-order valence-corrected chi connectivity index (χ0v) is 16.3. The van der Waals surface area contributed by atoms with Crippen molar-refractivity contribution in [3.63, 3.8) is 0 Å². The highest BCUT2D eigenvalue weighted by atomic mass is 32.2. The lowest BCUT2D eigenvalue weighted by Gasteiger charge is -2.17. The van der Waals surface area contributed by atoms with Crippen LogP contribution in [-0.4, -0.2) is 45.4 Å². The van der Waals surface area contributed by atoms with Crippen molar-refractivity contribution in [1.82, 2.24) is 19.7 Å². The number of para-hydroxylation sites is 1. The summed E-state index contributed by atoms with van der Waals surface area (Å²) in [6.45, 7) is 2.94. The number of amides is 1. The zero-order valence-electron chi connectivity index (χ0n) is 15.5. The van der Waals surface area contributed by atoms with Gasteiger partial charge in [-0.2, -0.15) is 5.10 Å². The van der Waals surface area contributed by atoms with Crippen molar-refractivity contribution < 1.29 is 4.79 Å². The van der Waals surface area contributed by atoms with Crippen LogP contribution >= 0.6 is 11.8 Å². The van der Waals surface area contributed by atoms with Crippen molar-refractivity contribution in [3.8, 4) is 0 Å². The normalized spacial score (nSPS) is 11.3. The number of nitrogens with one attached hydrogen (secondary N) is 1. The number of fused-ring (bicyclic) bond motifs is 1. The number of nitrogens with zero attached hydrogens (tertiary/aromatic N) is 4. The predicted octanol–water partition coefficient (Wildman–Crippen LogP) is 3.07. The maximum atomic E-state index is 12.4. The Morgan fingerprint density at radius 2 is 2.12 bits per heavy atom. The third kappa shape index (κ3) is 4.05. The Balaban J connectivity index is 1.64. The Morgan fingerprint density at radius 1 is 1.35 bits per heavy atom. The number of hydrogen-bond donors (Lipinski definition) is 1. The van der Waals surface area contributed by atoms with Gasteiger partial charge in [-0.3, -0.25) is 14.4 Å². The van der Waals surface area contributed by atoms with Crippen LogP contribution in [0.25, 0.3) is 11.0 Å². The van der Waals surface area contributed by atoms with E-state index >= 15 is 0 Å². The van der Waals surface area contributed by atoms with Crippen LogP contribution in [0.1, 0.15) is 11.3 Å². The second-order valence-corrected chi connectivity index (χ2v) is 7.19. The molecule has 6 nitrogen and oxygen atoms in total. The van der Waals surface area contributed by atoms with Crippen LogP contribution in [0.4, 0.5) is 5.69 Å². The molecule has 136 valence electrons. The first-order valence-electron chi connectivity index (χ1n) is 8.37. The molecule has 26 heavy (non-hydrogen) atoms. The number of hydrogen-bond acceptors (Lipinski definition) is 5. The fourth-order valence-corrected chi connectivity index (χ4v) is 3.54. The number of benzene rings is 1. The van der Waals surface area contributed by atoms with E-state index in [2.05, 4.69) is 21.5 Å². The molecule has 0 atom stereocenters. The van der Waals surface area contributed by atoms with Gasteiger partial charge in [-0.25, -0.2) is 4.98 Å². The predicted molar refractivity (Wildman–Crippen MR) is 106 cm³/mol. The van der Waals surface area contributed by atoms with Gasteiger partial charge in [0.25, 0.3) is 0 Å². The molecule has 0 aliphatic carbocycles. The highest BCUT2D eigenvalue weighted by molar-refractivity contribution is 7.98. The van der Waals surface area contributed by atoms with Gasteiger partial charge >= 0.3 is 0 Å². The van der Waals surface area contributed by atoms with Gasteiger partial charge in [0.05, 0.1) is 17.9 Å². The van der Waals surface area contributed by atoms with Gasteiger partial charge in [0.1, 0.15) is 0 Å². The lowest BCUT2D eigenvalue weighted by atomic mass is 10.2. The third-order valence-corrected chi connectivity index (χ3v) is 4.96. The summed E-state index contributed by atoms with van der Waals surface area (Å²) in [5, 5.41) is 8.44. The summed E-state index contributed by atoms with van der Waals surface area (Å²) in [4.78, 5) is 19.9. The highest BCUT2D eigenvalue weighted by Gasteiger charge is 2.12. The van der Waals surface area contributed by atoms with Crippen molar-refractivity contribution in [3.05, 3.63) is 47.8 Å². The molecule has 3 aromatic rings. The van der Waals surface area contributed by atoms with E-state index in [9.17, 15) is 4.79 Å². The number of likely N-dealkylation sites (N-methyl/N-ethyl adjacent to an activating group) is 1. The lowest BCUT2D eigenvalue weighted by molar-refractivity contribution is -0.117. The molecule has 0 saturated carbocycles. The van der Waals surface area contributed by atoms with Crippen molar-refractivity contribution >= 4 is 34.4 Å². The van der Waals surface area contributed by atoms with Crippen LogP contribution in [0.15, 0.2) is 41.4 Å². The maximum absolute atomic E-state index is 12.4. The first kappa shape index (κ1) is 18.4. The molecule has 1 amide bonds. The second-order valence-electron chi connectivity index (χ2n) is 6.34. The van der Waals surface area contributed by atoms with Crippen LogP contribution in [0, 0.1) is 6.92 Å². The lowest BCUT2D eigenvalue weighted by Crippen LogP contribution is -2.30. The van der Waals surface area contributed by atoms with Gasteiger partial charge < -0.3 is 5.32 Å². The van der Waals surface area contributed by atoms with Crippen LogP contribution in [0.2, 0.25) is 0 Å². The quantitative estimate of drug-likeness (QED) is 0.677. The molecule has 0 aliphatic rings. The number of rotatable bonds is 6. The second kappa shape index (κ2) is 7.88. The molecular weight excluding hydrogens is 346 g/mol. The minimum Gasteiger partial charge on any atom is -0.324 e. The molecule has 1 aromatic carbocycles. The Hall–Kier alpha value is -2.38. The first-order valence-corrected chi connectivity index (χ1v) is 9.60. The molecular formula is C19H23N5OS. The molecule has 0 bridgehead atoms. The molecule has 0 fully saturated rings. The van der Waals surface area contributed by atoms with Crippen molar-refractivity contribution in [2.24, 2.45) is 7.05 Å². The summed E-state index contributed by atoms with van der Waals surface area (Å²) in [6.07, 6.45) is 3.85.